The molecule has 32 heavy (non-hydrogen) atoms. The van der Waals surface area contributed by atoms with E-state index in [2.05, 4.69) is 21.6 Å². The monoisotopic (exact) mass is 467 g/mol. The van der Waals surface area contributed by atoms with Crippen LogP contribution in [0.2, 0.25) is 0 Å². The summed E-state index contributed by atoms with van der Waals surface area (Å²) in [5.41, 5.74) is 0.0436. The van der Waals surface area contributed by atoms with Gasteiger partial charge in [-0.05, 0) is 43.3 Å². The fourth-order valence-corrected chi connectivity index (χ4v) is 5.47. The average molecular weight is 468 g/mol. The number of nitrogens with zero attached hydrogens (tertiary/aromatic N) is 4. The van der Waals surface area contributed by atoms with E-state index in [4.69, 9.17) is 4.74 Å². The number of nitriles is 1. The largest absolute Gasteiger partial charge is 0.495 e. The number of nitrogens with one attached hydrogen (secondary N) is 1. The molecule has 1 atom stereocenters. The van der Waals surface area contributed by atoms with E-state index in [0.717, 1.165) is 29.8 Å². The van der Waals surface area contributed by atoms with Crippen molar-refractivity contribution >= 4 is 29.0 Å². The molecule has 0 saturated heterocycles. The summed E-state index contributed by atoms with van der Waals surface area (Å²) in [6, 6.07) is 14.0. The first kappa shape index (κ1) is 22.4. The molecule has 1 fully saturated rings. The van der Waals surface area contributed by atoms with Gasteiger partial charge in [0.25, 0.3) is 0 Å². The molecule has 1 N–H and O–H groups in total. The Morgan fingerprint density at radius 2 is 2.03 bits per heavy atom. The van der Waals surface area contributed by atoms with Gasteiger partial charge in [0.05, 0.1) is 29.0 Å². The highest BCUT2D eigenvalue weighted by Gasteiger charge is 2.35. The molecule has 1 aliphatic rings. The Labute approximate surface area is 195 Å². The fourth-order valence-electron chi connectivity index (χ4n) is 3.91. The molecule has 3 aromatic rings. The number of hydrogen-bond donors (Lipinski definition) is 1. The summed E-state index contributed by atoms with van der Waals surface area (Å²) in [5, 5.41) is 23.7. The minimum atomic E-state index is -0.761. The normalized spacial score (nSPS) is 16.2. The van der Waals surface area contributed by atoms with E-state index < -0.39 is 10.8 Å². The standard InChI is InChI=1S/C23H25N5O2S2/c1-16(21(29)25-23(15-24)12-6-3-7-13-23)32-22-27-26-20(19-11-8-14-31-19)28(22)17-9-4-5-10-18(17)30-2/h4-5,8-11,14,16H,3,6-7,12-13H2,1-2H3,(H,25,29). The number of methoxy groups -OCH3 is 1. The van der Waals surface area contributed by atoms with Crippen molar-refractivity contribution in [1.82, 2.24) is 20.1 Å². The van der Waals surface area contributed by atoms with Gasteiger partial charge in [-0.1, -0.05) is 49.2 Å². The quantitative estimate of drug-likeness (QED) is 0.501. The third-order valence-corrected chi connectivity index (χ3v) is 7.54. The second-order valence-corrected chi connectivity index (χ2v) is 10.1. The van der Waals surface area contributed by atoms with Crippen LogP contribution in [0.4, 0.5) is 0 Å². The Bertz CT molecular complexity index is 1110. The Kier molecular flexibility index (Phi) is 6.82. The molecule has 166 valence electrons. The molecule has 0 bridgehead atoms. The summed E-state index contributed by atoms with van der Waals surface area (Å²) < 4.78 is 7.51. The zero-order valence-electron chi connectivity index (χ0n) is 18.1. The summed E-state index contributed by atoms with van der Waals surface area (Å²) in [6.07, 6.45) is 4.43. The summed E-state index contributed by atoms with van der Waals surface area (Å²) in [6.45, 7) is 1.83. The molecule has 0 spiro atoms. The first-order valence-corrected chi connectivity index (χ1v) is 12.4. The molecule has 7 nitrogen and oxygen atoms in total. The van der Waals surface area contributed by atoms with Crippen LogP contribution in [0.15, 0.2) is 46.9 Å². The van der Waals surface area contributed by atoms with Gasteiger partial charge < -0.3 is 10.1 Å². The SMILES string of the molecule is COc1ccccc1-n1c(SC(C)C(=O)NC2(C#N)CCCCC2)nnc1-c1cccs1. The third-order valence-electron chi connectivity index (χ3n) is 5.64. The number of amides is 1. The second kappa shape index (κ2) is 9.76. The van der Waals surface area contributed by atoms with Crippen LogP contribution in [0.1, 0.15) is 39.0 Å². The Morgan fingerprint density at radius 1 is 1.25 bits per heavy atom. The zero-order chi connectivity index (χ0) is 22.6. The van der Waals surface area contributed by atoms with Crippen LogP contribution in [0.5, 0.6) is 5.75 Å². The minimum absolute atomic E-state index is 0.161. The number of thiophene rings is 1. The van der Waals surface area contributed by atoms with Crippen LogP contribution in [0.25, 0.3) is 16.4 Å². The van der Waals surface area contributed by atoms with Crippen LogP contribution in [0, 0.1) is 11.3 Å². The van der Waals surface area contributed by atoms with Crippen molar-refractivity contribution in [3.63, 3.8) is 0 Å². The van der Waals surface area contributed by atoms with Crippen LogP contribution < -0.4 is 10.1 Å². The van der Waals surface area contributed by atoms with Crippen molar-refractivity contribution in [3.8, 4) is 28.2 Å². The van der Waals surface area contributed by atoms with Gasteiger partial charge in [0.1, 0.15) is 11.3 Å². The highest BCUT2D eigenvalue weighted by Crippen LogP contribution is 2.35. The lowest BCUT2D eigenvalue weighted by molar-refractivity contribution is -0.121. The molecular weight excluding hydrogens is 442 g/mol. The van der Waals surface area contributed by atoms with Crippen LogP contribution in [0.3, 0.4) is 0 Å². The van der Waals surface area contributed by atoms with Gasteiger partial charge in [-0.2, -0.15) is 5.26 Å². The third kappa shape index (κ3) is 4.52. The first-order valence-electron chi connectivity index (χ1n) is 10.6. The van der Waals surface area contributed by atoms with Crippen molar-refractivity contribution in [1.29, 1.82) is 5.26 Å². The predicted molar refractivity (Wildman–Crippen MR) is 126 cm³/mol. The molecule has 0 aliphatic heterocycles. The highest BCUT2D eigenvalue weighted by atomic mass is 32.2. The number of ether oxygens (including phenoxy) is 1. The molecule has 1 saturated carbocycles. The lowest BCUT2D eigenvalue weighted by Gasteiger charge is -2.32. The van der Waals surface area contributed by atoms with Crippen LogP contribution >= 0.6 is 23.1 Å². The topological polar surface area (TPSA) is 92.8 Å². The summed E-state index contributed by atoms with van der Waals surface area (Å²) in [4.78, 5) is 14.0. The average Bonchev–Trinajstić information content (AvgIpc) is 3.49. The van der Waals surface area contributed by atoms with E-state index in [1.54, 1.807) is 18.4 Å². The van der Waals surface area contributed by atoms with Crippen molar-refractivity contribution in [2.45, 2.75) is 55.0 Å². The maximum atomic E-state index is 13.0. The van der Waals surface area contributed by atoms with Crippen LogP contribution in [-0.4, -0.2) is 38.6 Å². The smallest absolute Gasteiger partial charge is 0.234 e. The van der Waals surface area contributed by atoms with Gasteiger partial charge in [0, 0.05) is 0 Å². The lowest BCUT2D eigenvalue weighted by atomic mass is 9.83. The van der Waals surface area contributed by atoms with Crippen LogP contribution in [-0.2, 0) is 4.79 Å². The van der Waals surface area contributed by atoms with Gasteiger partial charge in [0.2, 0.25) is 5.91 Å². The number of para-hydroxylation sites is 2. The second-order valence-electron chi connectivity index (χ2n) is 7.79. The first-order chi connectivity index (χ1) is 15.6. The molecule has 1 amide bonds. The number of rotatable bonds is 7. The van der Waals surface area contributed by atoms with E-state index in [1.807, 2.05) is 53.3 Å². The molecule has 1 aliphatic carbocycles. The van der Waals surface area contributed by atoms with E-state index in [1.165, 1.54) is 11.8 Å². The van der Waals surface area contributed by atoms with Gasteiger partial charge in [0.15, 0.2) is 11.0 Å². The number of aromatic nitrogens is 3. The number of carbonyl (C=O) groups excluding carboxylic acids is 1. The zero-order valence-corrected chi connectivity index (χ0v) is 19.7. The van der Waals surface area contributed by atoms with Gasteiger partial charge >= 0.3 is 0 Å². The van der Waals surface area contributed by atoms with Gasteiger partial charge in [-0.25, -0.2) is 0 Å². The Hall–Kier alpha value is -2.83. The lowest BCUT2D eigenvalue weighted by Crippen LogP contribution is -2.50. The number of carbonyl (C=O) groups is 1. The Morgan fingerprint density at radius 3 is 2.72 bits per heavy atom. The summed E-state index contributed by atoms with van der Waals surface area (Å²) in [5.74, 6) is 1.22. The minimum Gasteiger partial charge on any atom is -0.495 e. The van der Waals surface area contributed by atoms with E-state index in [0.29, 0.717) is 29.6 Å². The molecule has 4 rings (SSSR count). The maximum Gasteiger partial charge on any atom is 0.234 e. The molecule has 0 radical (unpaired) electrons. The number of hydrogen-bond acceptors (Lipinski definition) is 7. The molecular formula is C23H25N5O2S2. The molecule has 2 aromatic heterocycles. The van der Waals surface area contributed by atoms with E-state index in [-0.39, 0.29) is 5.91 Å². The number of benzene rings is 1. The summed E-state index contributed by atoms with van der Waals surface area (Å²) >= 11 is 2.90. The summed E-state index contributed by atoms with van der Waals surface area (Å²) in [7, 11) is 1.63. The maximum absolute atomic E-state index is 13.0. The molecule has 1 unspecified atom stereocenters. The number of thioether (sulfide) groups is 1. The molecule has 1 aromatic carbocycles. The van der Waals surface area contributed by atoms with Gasteiger partial charge in [-0.15, -0.1) is 21.5 Å². The Balaban J connectivity index is 1.64. The molecule has 9 heteroatoms. The highest BCUT2D eigenvalue weighted by molar-refractivity contribution is 8.00. The van der Waals surface area contributed by atoms with Crippen molar-refractivity contribution in [2.75, 3.05) is 7.11 Å². The predicted octanol–water partition coefficient (Wildman–Crippen LogP) is 4.83. The van der Waals surface area contributed by atoms with E-state index >= 15 is 0 Å². The molecule has 2 heterocycles. The van der Waals surface area contributed by atoms with E-state index in [9.17, 15) is 10.1 Å². The fraction of sp³-hybridized carbons (Fsp3) is 0.391. The van der Waals surface area contributed by atoms with Crippen molar-refractivity contribution < 1.29 is 9.53 Å². The van der Waals surface area contributed by atoms with Crippen molar-refractivity contribution in [2.24, 2.45) is 0 Å². The van der Waals surface area contributed by atoms with Gasteiger partial charge in [-0.3, -0.25) is 9.36 Å². The van der Waals surface area contributed by atoms with Crippen molar-refractivity contribution in [3.05, 3.63) is 41.8 Å².